The summed E-state index contributed by atoms with van der Waals surface area (Å²) >= 11 is 0. The van der Waals surface area contributed by atoms with Gasteiger partial charge < -0.3 is 4.90 Å². The van der Waals surface area contributed by atoms with Crippen LogP contribution in [0.3, 0.4) is 0 Å². The van der Waals surface area contributed by atoms with Crippen LogP contribution in [-0.4, -0.2) is 28.9 Å². The van der Waals surface area contributed by atoms with Gasteiger partial charge in [-0.25, -0.2) is 9.67 Å². The van der Waals surface area contributed by atoms with E-state index in [0.717, 1.165) is 39.0 Å². The molecule has 5 rings (SSSR count). The number of aromatic nitrogens is 3. The van der Waals surface area contributed by atoms with Gasteiger partial charge in [0.25, 0.3) is 0 Å². The summed E-state index contributed by atoms with van der Waals surface area (Å²) in [5, 5.41) is 7.11. The molecule has 4 heteroatoms. The number of rotatable bonds is 3. The highest BCUT2D eigenvalue weighted by atomic mass is 15.3. The van der Waals surface area contributed by atoms with Crippen LogP contribution in [-0.2, 0) is 0 Å². The molecule has 29 heavy (non-hydrogen) atoms. The number of para-hydroxylation sites is 1. The Hall–Kier alpha value is -3.66. The number of fused-ring (bicyclic) bond motifs is 2. The summed E-state index contributed by atoms with van der Waals surface area (Å²) in [5.41, 5.74) is 7.37. The number of pyridine rings is 1. The molecule has 0 N–H and O–H groups in total. The lowest BCUT2D eigenvalue weighted by Crippen LogP contribution is -2.08. The molecule has 3 aromatic carbocycles. The molecule has 4 nitrogen and oxygen atoms in total. The molecule has 0 atom stereocenters. The molecular weight excluding hydrogens is 356 g/mol. The van der Waals surface area contributed by atoms with E-state index in [9.17, 15) is 0 Å². The smallest absolute Gasteiger partial charge is 0.164 e. The summed E-state index contributed by atoms with van der Waals surface area (Å²) < 4.78 is 1.95. The fraction of sp³-hybridized carbons (Fsp3) is 0.120. The quantitative estimate of drug-likeness (QED) is 0.409. The maximum Gasteiger partial charge on any atom is 0.164 e. The summed E-state index contributed by atoms with van der Waals surface area (Å²) in [4.78, 5) is 7.17. The van der Waals surface area contributed by atoms with Crippen LogP contribution in [0, 0.1) is 6.92 Å². The van der Waals surface area contributed by atoms with E-state index in [4.69, 9.17) is 10.1 Å². The molecule has 0 fully saturated rings. The van der Waals surface area contributed by atoms with Crippen LogP contribution >= 0.6 is 0 Å². The monoisotopic (exact) mass is 378 g/mol. The van der Waals surface area contributed by atoms with E-state index in [1.807, 2.05) is 22.9 Å². The normalized spacial score (nSPS) is 11.3. The van der Waals surface area contributed by atoms with Crippen LogP contribution in [0.5, 0.6) is 0 Å². The maximum atomic E-state index is 5.04. The van der Waals surface area contributed by atoms with Gasteiger partial charge in [-0.3, -0.25) is 0 Å². The number of benzene rings is 3. The lowest BCUT2D eigenvalue weighted by Gasteiger charge is -2.15. The number of aryl methyl sites for hydroxylation is 1. The molecule has 0 saturated carbocycles. The van der Waals surface area contributed by atoms with Crippen molar-refractivity contribution in [1.29, 1.82) is 0 Å². The molecule has 0 aliphatic carbocycles. The van der Waals surface area contributed by atoms with Crippen molar-refractivity contribution in [3.63, 3.8) is 0 Å². The Kier molecular flexibility index (Phi) is 4.06. The second-order valence-corrected chi connectivity index (χ2v) is 7.48. The summed E-state index contributed by atoms with van der Waals surface area (Å²) in [7, 11) is 4.13. The lowest BCUT2D eigenvalue weighted by molar-refractivity contribution is 0.879. The first kappa shape index (κ1) is 17.4. The fourth-order valence-electron chi connectivity index (χ4n) is 3.91. The predicted octanol–water partition coefficient (Wildman–Crippen LogP) is 5.62. The number of anilines is 1. The Morgan fingerprint density at radius 1 is 0.828 bits per heavy atom. The van der Waals surface area contributed by atoms with Crippen molar-refractivity contribution < 1.29 is 0 Å². The molecule has 0 bridgehead atoms. The van der Waals surface area contributed by atoms with E-state index < -0.39 is 0 Å². The van der Waals surface area contributed by atoms with Gasteiger partial charge in [0.1, 0.15) is 0 Å². The average molecular weight is 378 g/mol. The van der Waals surface area contributed by atoms with Gasteiger partial charge in [-0.05, 0) is 42.8 Å². The summed E-state index contributed by atoms with van der Waals surface area (Å²) in [6, 6.07) is 27.2. The van der Waals surface area contributed by atoms with Crippen molar-refractivity contribution >= 4 is 27.6 Å². The summed E-state index contributed by atoms with van der Waals surface area (Å²) in [6.45, 7) is 2.07. The zero-order valence-corrected chi connectivity index (χ0v) is 16.8. The van der Waals surface area contributed by atoms with Gasteiger partial charge in [-0.2, -0.15) is 5.10 Å². The molecule has 5 aromatic rings. The highest BCUT2D eigenvalue weighted by Gasteiger charge is 2.19. The Bertz CT molecular complexity index is 1320. The van der Waals surface area contributed by atoms with Gasteiger partial charge in [0.15, 0.2) is 5.65 Å². The minimum Gasteiger partial charge on any atom is -0.378 e. The van der Waals surface area contributed by atoms with Crippen LogP contribution in [0.25, 0.3) is 38.8 Å². The van der Waals surface area contributed by atoms with Crippen molar-refractivity contribution in [2.24, 2.45) is 0 Å². The molecule has 0 aliphatic heterocycles. The second-order valence-electron chi connectivity index (χ2n) is 7.48. The molecule has 0 amide bonds. The SMILES string of the molecule is Cc1nn(-c2ccccc2)c2nc3ccc(N(C)C)cc3c(-c3ccccc3)c12. The van der Waals surface area contributed by atoms with E-state index in [1.54, 1.807) is 0 Å². The summed E-state index contributed by atoms with van der Waals surface area (Å²) in [5.74, 6) is 0. The van der Waals surface area contributed by atoms with E-state index in [0.29, 0.717) is 0 Å². The van der Waals surface area contributed by atoms with Crippen LogP contribution in [0.2, 0.25) is 0 Å². The molecule has 2 aromatic heterocycles. The van der Waals surface area contributed by atoms with Crippen LogP contribution < -0.4 is 4.90 Å². The minimum atomic E-state index is 0.887. The first-order valence-electron chi connectivity index (χ1n) is 9.75. The van der Waals surface area contributed by atoms with Crippen LogP contribution in [0.4, 0.5) is 5.69 Å². The first-order chi connectivity index (χ1) is 14.1. The van der Waals surface area contributed by atoms with Gasteiger partial charge in [0.05, 0.1) is 22.3 Å². The molecule has 0 saturated heterocycles. The molecule has 0 aliphatic rings. The highest BCUT2D eigenvalue weighted by Crippen LogP contribution is 2.38. The lowest BCUT2D eigenvalue weighted by atomic mass is 9.96. The van der Waals surface area contributed by atoms with Crippen molar-refractivity contribution in [3.8, 4) is 16.8 Å². The third-order valence-electron chi connectivity index (χ3n) is 5.34. The van der Waals surface area contributed by atoms with E-state index in [1.165, 1.54) is 11.1 Å². The Labute approximate surface area is 170 Å². The molecule has 0 spiro atoms. The van der Waals surface area contributed by atoms with Gasteiger partial charge in [0, 0.05) is 30.7 Å². The molecule has 0 unspecified atom stereocenters. The van der Waals surface area contributed by atoms with E-state index in [2.05, 4.69) is 86.6 Å². The Balaban J connectivity index is 1.94. The van der Waals surface area contributed by atoms with Crippen molar-refractivity contribution in [2.45, 2.75) is 6.92 Å². The Morgan fingerprint density at radius 2 is 1.52 bits per heavy atom. The molecule has 0 radical (unpaired) electrons. The van der Waals surface area contributed by atoms with E-state index in [-0.39, 0.29) is 0 Å². The van der Waals surface area contributed by atoms with Gasteiger partial charge in [0.2, 0.25) is 0 Å². The van der Waals surface area contributed by atoms with Gasteiger partial charge in [-0.1, -0.05) is 48.5 Å². The first-order valence-corrected chi connectivity index (χ1v) is 9.75. The van der Waals surface area contributed by atoms with Crippen LogP contribution in [0.15, 0.2) is 78.9 Å². The third-order valence-corrected chi connectivity index (χ3v) is 5.34. The zero-order chi connectivity index (χ0) is 20.0. The average Bonchev–Trinajstić information content (AvgIpc) is 3.09. The van der Waals surface area contributed by atoms with Crippen molar-refractivity contribution in [2.75, 3.05) is 19.0 Å². The number of hydrogen-bond donors (Lipinski definition) is 0. The van der Waals surface area contributed by atoms with Crippen molar-refractivity contribution in [3.05, 3.63) is 84.6 Å². The molecule has 2 heterocycles. The summed E-state index contributed by atoms with van der Waals surface area (Å²) in [6.07, 6.45) is 0. The van der Waals surface area contributed by atoms with Crippen LogP contribution in [0.1, 0.15) is 5.69 Å². The Morgan fingerprint density at radius 3 is 2.21 bits per heavy atom. The zero-order valence-electron chi connectivity index (χ0n) is 16.8. The largest absolute Gasteiger partial charge is 0.378 e. The fourth-order valence-corrected chi connectivity index (χ4v) is 3.91. The van der Waals surface area contributed by atoms with E-state index >= 15 is 0 Å². The minimum absolute atomic E-state index is 0.887. The highest BCUT2D eigenvalue weighted by molar-refractivity contribution is 6.10. The van der Waals surface area contributed by atoms with Gasteiger partial charge >= 0.3 is 0 Å². The number of nitrogens with zero attached hydrogens (tertiary/aromatic N) is 4. The number of hydrogen-bond acceptors (Lipinski definition) is 3. The predicted molar refractivity (Wildman–Crippen MR) is 121 cm³/mol. The van der Waals surface area contributed by atoms with Crippen molar-refractivity contribution in [1.82, 2.24) is 14.8 Å². The second kappa shape index (κ2) is 6.74. The maximum absolute atomic E-state index is 5.04. The van der Waals surface area contributed by atoms with Gasteiger partial charge in [-0.15, -0.1) is 0 Å². The molecular formula is C25H22N4. The third kappa shape index (κ3) is 2.85. The topological polar surface area (TPSA) is 34.0 Å². The molecule has 142 valence electrons. The standard InChI is InChI=1S/C25H22N4/c1-17-23-24(18-10-6-4-7-11-18)21-16-20(28(2)3)14-15-22(21)26-25(23)29(27-17)19-12-8-5-9-13-19/h4-16H,1-3H3.